The van der Waals surface area contributed by atoms with Crippen molar-refractivity contribution in [2.45, 2.75) is 30.9 Å². The van der Waals surface area contributed by atoms with Gasteiger partial charge in [0.25, 0.3) is 0 Å². The fourth-order valence-corrected chi connectivity index (χ4v) is 3.65. The Labute approximate surface area is 145 Å². The van der Waals surface area contributed by atoms with Crippen molar-refractivity contribution in [2.75, 3.05) is 6.61 Å². The highest BCUT2D eigenvalue weighted by Crippen LogP contribution is 2.10. The Morgan fingerprint density at radius 3 is 2.30 bits per heavy atom. The van der Waals surface area contributed by atoms with Gasteiger partial charge < -0.3 is 0 Å². The summed E-state index contributed by atoms with van der Waals surface area (Å²) in [4.78, 5) is 0. The highest BCUT2D eigenvalue weighted by atomic mass is 32.2. The number of rotatable bonds is 10. The van der Waals surface area contributed by atoms with E-state index in [0.29, 0.717) is 18.4 Å². The van der Waals surface area contributed by atoms with Crippen LogP contribution in [-0.2, 0) is 26.8 Å². The van der Waals surface area contributed by atoms with Gasteiger partial charge in [-0.25, -0.2) is 4.21 Å². The molecule has 23 heavy (non-hydrogen) atoms. The van der Waals surface area contributed by atoms with Gasteiger partial charge in [-0.15, -0.1) is 0 Å². The molecular formula is C18H23NO2S2. The standard InChI is InChI=1S/C18H23NO2S2/c1-16(19-22-14-17-8-4-2-5-9-17)12-13-21-23(20)15-18-10-6-3-7-11-18/h2-11,16,19H,12-15H2,1H3. The van der Waals surface area contributed by atoms with Gasteiger partial charge in [0.1, 0.15) is 0 Å². The molecular weight excluding hydrogens is 326 g/mol. The first-order valence-corrected chi connectivity index (χ1v) is 9.94. The van der Waals surface area contributed by atoms with Crippen LogP contribution in [-0.4, -0.2) is 16.9 Å². The predicted octanol–water partition coefficient (Wildman–Crippen LogP) is 4.08. The fourth-order valence-electron chi connectivity index (χ4n) is 1.97. The first-order valence-electron chi connectivity index (χ1n) is 7.71. The van der Waals surface area contributed by atoms with E-state index in [0.717, 1.165) is 17.7 Å². The summed E-state index contributed by atoms with van der Waals surface area (Å²) < 4.78 is 20.7. The molecule has 0 aromatic heterocycles. The second kappa shape index (κ2) is 10.6. The van der Waals surface area contributed by atoms with Crippen molar-refractivity contribution in [1.29, 1.82) is 0 Å². The molecule has 0 saturated heterocycles. The van der Waals surface area contributed by atoms with Crippen molar-refractivity contribution >= 4 is 23.0 Å². The molecule has 3 nitrogen and oxygen atoms in total. The zero-order valence-corrected chi connectivity index (χ0v) is 14.9. The van der Waals surface area contributed by atoms with Crippen molar-refractivity contribution in [3.05, 3.63) is 71.8 Å². The minimum Gasteiger partial charge on any atom is -0.290 e. The highest BCUT2D eigenvalue weighted by molar-refractivity contribution is 7.96. The SMILES string of the molecule is CC(CCOS(=O)Cc1ccccc1)NSCc1ccccc1. The van der Waals surface area contributed by atoms with Crippen molar-refractivity contribution in [3.8, 4) is 0 Å². The minimum absolute atomic E-state index is 0.317. The van der Waals surface area contributed by atoms with Crippen molar-refractivity contribution in [1.82, 2.24) is 4.72 Å². The molecule has 0 aliphatic carbocycles. The Morgan fingerprint density at radius 2 is 1.65 bits per heavy atom. The molecule has 0 spiro atoms. The molecule has 0 amide bonds. The molecule has 0 heterocycles. The molecule has 0 bridgehead atoms. The van der Waals surface area contributed by atoms with Gasteiger partial charge in [0.2, 0.25) is 0 Å². The van der Waals surface area contributed by atoms with Crippen LogP contribution in [0, 0.1) is 0 Å². The number of hydrogen-bond acceptors (Lipinski definition) is 4. The lowest BCUT2D eigenvalue weighted by molar-refractivity contribution is 0.325. The lowest BCUT2D eigenvalue weighted by Gasteiger charge is -2.13. The third-order valence-corrected chi connectivity index (χ3v) is 5.30. The van der Waals surface area contributed by atoms with Crippen LogP contribution in [0.1, 0.15) is 24.5 Å². The fraction of sp³-hybridized carbons (Fsp3) is 0.333. The molecule has 5 heteroatoms. The third kappa shape index (κ3) is 7.79. The Hall–Kier alpha value is -1.14. The number of benzene rings is 2. The zero-order chi connectivity index (χ0) is 16.3. The van der Waals surface area contributed by atoms with E-state index in [1.54, 1.807) is 11.9 Å². The van der Waals surface area contributed by atoms with E-state index < -0.39 is 11.1 Å². The topological polar surface area (TPSA) is 38.3 Å². The largest absolute Gasteiger partial charge is 0.290 e. The van der Waals surface area contributed by atoms with Gasteiger partial charge in [-0.05, 0) is 24.5 Å². The Kier molecular flexibility index (Phi) is 8.39. The quantitative estimate of drug-likeness (QED) is 0.656. The van der Waals surface area contributed by atoms with Crippen LogP contribution in [0.15, 0.2) is 60.7 Å². The van der Waals surface area contributed by atoms with Crippen LogP contribution in [0.4, 0.5) is 0 Å². The molecule has 2 unspecified atom stereocenters. The Morgan fingerprint density at radius 1 is 1.04 bits per heavy atom. The van der Waals surface area contributed by atoms with E-state index in [9.17, 15) is 4.21 Å². The molecule has 0 aliphatic heterocycles. The van der Waals surface area contributed by atoms with Gasteiger partial charge in [-0.2, -0.15) is 0 Å². The van der Waals surface area contributed by atoms with E-state index in [-0.39, 0.29) is 0 Å². The molecule has 2 aromatic carbocycles. The van der Waals surface area contributed by atoms with Crippen LogP contribution in [0.5, 0.6) is 0 Å². The second-order valence-corrected chi connectivity index (χ2v) is 7.28. The Bertz CT molecular complexity index is 578. The molecule has 2 atom stereocenters. The second-order valence-electron chi connectivity index (χ2n) is 5.34. The van der Waals surface area contributed by atoms with E-state index >= 15 is 0 Å². The summed E-state index contributed by atoms with van der Waals surface area (Å²) in [6, 6.07) is 20.5. The number of hydrogen-bond donors (Lipinski definition) is 1. The summed E-state index contributed by atoms with van der Waals surface area (Å²) in [5.74, 6) is 1.39. The molecule has 124 valence electrons. The molecule has 2 rings (SSSR count). The van der Waals surface area contributed by atoms with Gasteiger partial charge >= 0.3 is 0 Å². The average molecular weight is 350 g/mol. The van der Waals surface area contributed by atoms with Crippen molar-refractivity contribution in [2.24, 2.45) is 0 Å². The maximum Gasteiger partial charge on any atom is 0.159 e. The molecule has 0 radical (unpaired) electrons. The van der Waals surface area contributed by atoms with E-state index in [4.69, 9.17) is 4.18 Å². The summed E-state index contributed by atoms with van der Waals surface area (Å²) in [5.41, 5.74) is 2.34. The monoisotopic (exact) mass is 349 g/mol. The Balaban J connectivity index is 1.55. The third-order valence-electron chi connectivity index (χ3n) is 3.26. The van der Waals surface area contributed by atoms with E-state index in [1.165, 1.54) is 5.56 Å². The molecule has 0 fully saturated rings. The average Bonchev–Trinajstić information content (AvgIpc) is 2.57. The maximum atomic E-state index is 11.9. The smallest absolute Gasteiger partial charge is 0.159 e. The van der Waals surface area contributed by atoms with Crippen LogP contribution in [0.25, 0.3) is 0 Å². The summed E-state index contributed by atoms with van der Waals surface area (Å²) in [7, 11) is 0. The molecule has 0 aliphatic rings. The van der Waals surface area contributed by atoms with E-state index in [1.807, 2.05) is 36.4 Å². The van der Waals surface area contributed by atoms with Crippen LogP contribution >= 0.6 is 11.9 Å². The van der Waals surface area contributed by atoms with E-state index in [2.05, 4.69) is 35.9 Å². The first kappa shape index (κ1) is 18.2. The molecule has 1 N–H and O–H groups in total. The molecule has 0 saturated carbocycles. The van der Waals surface area contributed by atoms with Crippen LogP contribution in [0.3, 0.4) is 0 Å². The lowest BCUT2D eigenvalue weighted by Crippen LogP contribution is -2.21. The lowest BCUT2D eigenvalue weighted by atomic mass is 10.2. The van der Waals surface area contributed by atoms with Gasteiger partial charge in [-0.3, -0.25) is 8.91 Å². The van der Waals surface area contributed by atoms with Crippen molar-refractivity contribution in [3.63, 3.8) is 0 Å². The van der Waals surface area contributed by atoms with Crippen LogP contribution in [0.2, 0.25) is 0 Å². The highest BCUT2D eigenvalue weighted by Gasteiger charge is 2.05. The summed E-state index contributed by atoms with van der Waals surface area (Å²) in [6.07, 6.45) is 0.836. The van der Waals surface area contributed by atoms with Gasteiger partial charge in [-0.1, -0.05) is 72.6 Å². The first-order chi connectivity index (χ1) is 11.2. The van der Waals surface area contributed by atoms with Gasteiger partial charge in [0.15, 0.2) is 11.1 Å². The summed E-state index contributed by atoms with van der Waals surface area (Å²) in [6.45, 7) is 2.61. The maximum absolute atomic E-state index is 11.9. The molecule has 2 aromatic rings. The normalized spacial score (nSPS) is 13.6. The van der Waals surface area contributed by atoms with Gasteiger partial charge in [0, 0.05) is 11.8 Å². The summed E-state index contributed by atoms with van der Waals surface area (Å²) >= 11 is 0.437. The zero-order valence-electron chi connectivity index (χ0n) is 13.3. The number of nitrogens with one attached hydrogen (secondary N) is 1. The van der Waals surface area contributed by atoms with Gasteiger partial charge in [0.05, 0.1) is 12.4 Å². The van der Waals surface area contributed by atoms with Crippen molar-refractivity contribution < 1.29 is 8.39 Å². The minimum atomic E-state index is -1.26. The van der Waals surface area contributed by atoms with Crippen LogP contribution < -0.4 is 4.72 Å². The predicted molar refractivity (Wildman–Crippen MR) is 99.2 cm³/mol. The summed E-state index contributed by atoms with van der Waals surface area (Å²) in [5, 5.41) is 0.